The highest BCUT2D eigenvalue weighted by Crippen LogP contribution is 2.09. The minimum absolute atomic E-state index is 0.236. The summed E-state index contributed by atoms with van der Waals surface area (Å²) in [7, 11) is 3.82. The first-order valence-electron chi connectivity index (χ1n) is 6.78. The van der Waals surface area contributed by atoms with Crippen molar-refractivity contribution in [1.29, 1.82) is 0 Å². The Bertz CT molecular complexity index is 412. The van der Waals surface area contributed by atoms with Crippen LogP contribution in [0.4, 0.5) is 5.82 Å². The Kier molecular flexibility index (Phi) is 4.74. The molecule has 5 heteroatoms. The van der Waals surface area contributed by atoms with Crippen LogP contribution in [0.2, 0.25) is 0 Å². The highest BCUT2D eigenvalue weighted by molar-refractivity contribution is 5.78. The van der Waals surface area contributed by atoms with E-state index in [1.165, 1.54) is 0 Å². The zero-order chi connectivity index (χ0) is 13.7. The molecule has 0 spiro atoms. The Hall–Kier alpha value is -1.62. The summed E-state index contributed by atoms with van der Waals surface area (Å²) in [6.45, 7) is 3.07. The number of carbonyl (C=O) groups excluding carboxylic acids is 1. The summed E-state index contributed by atoms with van der Waals surface area (Å²) in [6.07, 6.45) is 4.14. The highest BCUT2D eigenvalue weighted by atomic mass is 16.2. The Morgan fingerprint density at radius 3 is 2.74 bits per heavy atom. The average Bonchev–Trinajstić information content (AvgIpc) is 2.93. The van der Waals surface area contributed by atoms with Crippen LogP contribution in [0, 0.1) is 0 Å². The third-order valence-corrected chi connectivity index (χ3v) is 3.40. The molecule has 2 heterocycles. The van der Waals surface area contributed by atoms with Gasteiger partial charge in [-0.15, -0.1) is 0 Å². The molecule has 0 atom stereocenters. The molecule has 5 nitrogen and oxygen atoms in total. The van der Waals surface area contributed by atoms with Crippen molar-refractivity contribution in [3.05, 3.63) is 23.9 Å². The van der Waals surface area contributed by atoms with Gasteiger partial charge in [0, 0.05) is 32.9 Å². The summed E-state index contributed by atoms with van der Waals surface area (Å²) in [5.41, 5.74) is 1.12. The predicted octanol–water partition coefficient (Wildman–Crippen LogP) is 1.18. The number of likely N-dealkylation sites (N-methyl/N-ethyl adjacent to an activating group) is 1. The number of anilines is 1. The first-order chi connectivity index (χ1) is 9.19. The minimum atomic E-state index is 0.236. The number of hydrogen-bond acceptors (Lipinski definition) is 4. The molecule has 0 saturated carbocycles. The van der Waals surface area contributed by atoms with Gasteiger partial charge in [-0.25, -0.2) is 4.98 Å². The van der Waals surface area contributed by atoms with Crippen LogP contribution in [0.3, 0.4) is 0 Å². The number of nitrogens with one attached hydrogen (secondary N) is 1. The van der Waals surface area contributed by atoms with E-state index in [1.807, 2.05) is 42.2 Å². The highest BCUT2D eigenvalue weighted by Gasteiger charge is 2.18. The first-order valence-corrected chi connectivity index (χ1v) is 6.78. The van der Waals surface area contributed by atoms with E-state index in [1.54, 1.807) is 0 Å². The number of nitrogens with zero attached hydrogens (tertiary/aromatic N) is 3. The van der Waals surface area contributed by atoms with Crippen molar-refractivity contribution in [3.8, 4) is 0 Å². The van der Waals surface area contributed by atoms with Crippen LogP contribution in [0.15, 0.2) is 18.3 Å². The van der Waals surface area contributed by atoms with E-state index in [-0.39, 0.29) is 5.91 Å². The SMILES string of the molecule is CNc1ccc(CN(C)CC(=O)N2CCCC2)cn1. The standard InChI is InChI=1S/C14H22N4O/c1-15-13-6-5-12(9-16-13)10-17(2)11-14(19)18-7-3-4-8-18/h5-6,9H,3-4,7-8,10-11H2,1-2H3,(H,15,16). The molecule has 0 bridgehead atoms. The van der Waals surface area contributed by atoms with Crippen LogP contribution in [0.25, 0.3) is 0 Å². The van der Waals surface area contributed by atoms with Crippen LogP contribution < -0.4 is 5.32 Å². The smallest absolute Gasteiger partial charge is 0.236 e. The van der Waals surface area contributed by atoms with E-state index >= 15 is 0 Å². The zero-order valence-corrected chi connectivity index (χ0v) is 11.7. The van der Waals surface area contributed by atoms with E-state index in [0.717, 1.165) is 43.9 Å². The molecule has 1 N–H and O–H groups in total. The van der Waals surface area contributed by atoms with Gasteiger partial charge in [0.2, 0.25) is 5.91 Å². The van der Waals surface area contributed by atoms with E-state index in [9.17, 15) is 4.79 Å². The first kappa shape index (κ1) is 13.8. The van der Waals surface area contributed by atoms with Gasteiger partial charge in [0.1, 0.15) is 5.82 Å². The zero-order valence-electron chi connectivity index (χ0n) is 11.7. The molecule has 1 fully saturated rings. The maximum absolute atomic E-state index is 12.0. The molecule has 2 rings (SSSR count). The lowest BCUT2D eigenvalue weighted by atomic mass is 10.2. The molecule has 19 heavy (non-hydrogen) atoms. The predicted molar refractivity (Wildman–Crippen MR) is 75.9 cm³/mol. The van der Waals surface area contributed by atoms with Crippen molar-refractivity contribution in [3.63, 3.8) is 0 Å². The van der Waals surface area contributed by atoms with Crippen LogP contribution >= 0.6 is 0 Å². The molecule has 0 radical (unpaired) electrons. The van der Waals surface area contributed by atoms with Gasteiger partial charge >= 0.3 is 0 Å². The Balaban J connectivity index is 1.82. The van der Waals surface area contributed by atoms with Gasteiger partial charge in [-0.1, -0.05) is 6.07 Å². The van der Waals surface area contributed by atoms with Crippen molar-refractivity contribution in [2.75, 3.05) is 39.0 Å². The van der Waals surface area contributed by atoms with Crippen LogP contribution in [0.5, 0.6) is 0 Å². The van der Waals surface area contributed by atoms with Crippen molar-refractivity contribution < 1.29 is 4.79 Å². The molecule has 0 aromatic carbocycles. The molecule has 1 aliphatic heterocycles. The van der Waals surface area contributed by atoms with Crippen LogP contribution in [-0.2, 0) is 11.3 Å². The van der Waals surface area contributed by atoms with Gasteiger partial charge in [-0.2, -0.15) is 0 Å². The number of likely N-dealkylation sites (tertiary alicyclic amines) is 1. The topological polar surface area (TPSA) is 48.5 Å². The van der Waals surface area contributed by atoms with Gasteiger partial charge < -0.3 is 10.2 Å². The van der Waals surface area contributed by atoms with E-state index in [2.05, 4.69) is 10.3 Å². The second kappa shape index (κ2) is 6.52. The summed E-state index contributed by atoms with van der Waals surface area (Å²) in [4.78, 5) is 20.3. The fourth-order valence-corrected chi connectivity index (χ4v) is 2.33. The number of hydrogen-bond donors (Lipinski definition) is 1. The molecule has 1 aromatic rings. The third kappa shape index (κ3) is 3.92. The molecule has 104 valence electrons. The van der Waals surface area contributed by atoms with Gasteiger partial charge in [0.25, 0.3) is 0 Å². The van der Waals surface area contributed by atoms with Crippen LogP contribution in [0.1, 0.15) is 18.4 Å². The lowest BCUT2D eigenvalue weighted by Crippen LogP contribution is -2.36. The van der Waals surface area contributed by atoms with Gasteiger partial charge in [-0.05, 0) is 31.5 Å². The number of amides is 1. The second-order valence-corrected chi connectivity index (χ2v) is 5.06. The molecule has 0 aliphatic carbocycles. The molecule has 0 unspecified atom stereocenters. The van der Waals surface area contributed by atoms with Crippen LogP contribution in [-0.4, -0.2) is 54.4 Å². The third-order valence-electron chi connectivity index (χ3n) is 3.40. The second-order valence-electron chi connectivity index (χ2n) is 5.06. The molecular weight excluding hydrogens is 240 g/mol. The normalized spacial score (nSPS) is 15.0. The molecule has 1 aromatic heterocycles. The van der Waals surface area contributed by atoms with Crippen molar-refractivity contribution >= 4 is 11.7 Å². The summed E-state index contributed by atoms with van der Waals surface area (Å²) in [5.74, 6) is 1.10. The van der Waals surface area contributed by atoms with E-state index in [4.69, 9.17) is 0 Å². The number of rotatable bonds is 5. The summed E-state index contributed by atoms with van der Waals surface area (Å²) in [6, 6.07) is 3.99. The summed E-state index contributed by atoms with van der Waals surface area (Å²) >= 11 is 0. The number of carbonyl (C=O) groups is 1. The fraction of sp³-hybridized carbons (Fsp3) is 0.571. The van der Waals surface area contributed by atoms with Crippen molar-refractivity contribution in [2.45, 2.75) is 19.4 Å². The lowest BCUT2D eigenvalue weighted by Gasteiger charge is -2.21. The summed E-state index contributed by atoms with van der Waals surface area (Å²) in [5, 5.41) is 2.99. The molecule has 1 amide bonds. The Labute approximate surface area is 114 Å². The largest absolute Gasteiger partial charge is 0.373 e. The minimum Gasteiger partial charge on any atom is -0.373 e. The fourth-order valence-electron chi connectivity index (χ4n) is 2.33. The maximum Gasteiger partial charge on any atom is 0.236 e. The quantitative estimate of drug-likeness (QED) is 0.865. The van der Waals surface area contributed by atoms with Gasteiger partial charge in [0.05, 0.1) is 6.54 Å². The molecule has 1 saturated heterocycles. The van der Waals surface area contributed by atoms with E-state index in [0.29, 0.717) is 6.54 Å². The average molecular weight is 262 g/mol. The summed E-state index contributed by atoms with van der Waals surface area (Å²) < 4.78 is 0. The van der Waals surface area contributed by atoms with Crippen molar-refractivity contribution in [2.24, 2.45) is 0 Å². The number of pyridine rings is 1. The molecular formula is C14H22N4O. The lowest BCUT2D eigenvalue weighted by molar-refractivity contribution is -0.131. The van der Waals surface area contributed by atoms with E-state index < -0.39 is 0 Å². The van der Waals surface area contributed by atoms with Gasteiger partial charge in [-0.3, -0.25) is 9.69 Å². The number of aromatic nitrogens is 1. The monoisotopic (exact) mass is 262 g/mol. The maximum atomic E-state index is 12.0. The Morgan fingerprint density at radius 1 is 1.42 bits per heavy atom. The van der Waals surface area contributed by atoms with Crippen molar-refractivity contribution in [1.82, 2.24) is 14.8 Å². The molecule has 1 aliphatic rings. The van der Waals surface area contributed by atoms with Gasteiger partial charge in [0.15, 0.2) is 0 Å². The Morgan fingerprint density at radius 2 is 2.16 bits per heavy atom.